The van der Waals surface area contributed by atoms with E-state index in [1.807, 2.05) is 24.3 Å². The van der Waals surface area contributed by atoms with Crippen molar-refractivity contribution in [1.29, 1.82) is 0 Å². The van der Waals surface area contributed by atoms with Gasteiger partial charge < -0.3 is 25.6 Å². The molecule has 0 spiro atoms. The van der Waals surface area contributed by atoms with E-state index in [9.17, 15) is 5.11 Å². The van der Waals surface area contributed by atoms with Crippen LogP contribution in [0.1, 0.15) is 36.0 Å². The number of fused-ring (bicyclic) bond motifs is 3. The Bertz CT molecular complexity index is 1430. The summed E-state index contributed by atoms with van der Waals surface area (Å²) in [5.41, 5.74) is 10.1. The minimum atomic E-state index is -0.173. The third-order valence-electron chi connectivity index (χ3n) is 6.39. The lowest BCUT2D eigenvalue weighted by Gasteiger charge is -2.14. The number of nitrogens with two attached hydrogens (primary N) is 1. The Morgan fingerprint density at radius 2 is 1.94 bits per heavy atom. The molecule has 2 aromatic carbocycles. The van der Waals surface area contributed by atoms with Crippen LogP contribution in [-0.2, 0) is 19.5 Å². The first kappa shape index (κ1) is 22.4. The van der Waals surface area contributed by atoms with Gasteiger partial charge in [0.05, 0.1) is 13.2 Å². The van der Waals surface area contributed by atoms with Crippen molar-refractivity contribution in [1.82, 2.24) is 24.8 Å². The van der Waals surface area contributed by atoms with Crippen molar-refractivity contribution >= 4 is 17.0 Å². The number of ether oxygens (including phenoxy) is 2. The summed E-state index contributed by atoms with van der Waals surface area (Å²) < 4.78 is 13.6. The summed E-state index contributed by atoms with van der Waals surface area (Å²) in [6, 6.07) is 15.0. The number of rotatable bonds is 5. The molecule has 0 amide bonds. The molecule has 4 aromatic rings. The van der Waals surface area contributed by atoms with Crippen molar-refractivity contribution in [3.05, 3.63) is 71.3 Å². The highest BCUT2D eigenvalue weighted by Gasteiger charge is 2.20. The first-order chi connectivity index (χ1) is 17.6. The van der Waals surface area contributed by atoms with Gasteiger partial charge in [-0.1, -0.05) is 30.4 Å². The Kier molecular flexibility index (Phi) is 5.90. The van der Waals surface area contributed by atoms with Gasteiger partial charge in [0.15, 0.2) is 17.0 Å². The number of aromatic nitrogens is 4. The molecular formula is C27H28N6O3. The molecule has 36 heavy (non-hydrogen) atoms. The third kappa shape index (κ3) is 4.83. The predicted molar refractivity (Wildman–Crippen MR) is 136 cm³/mol. The fourth-order valence-electron chi connectivity index (χ4n) is 4.27. The van der Waals surface area contributed by atoms with Crippen LogP contribution in [0.25, 0.3) is 11.2 Å². The van der Waals surface area contributed by atoms with Gasteiger partial charge in [0.2, 0.25) is 0 Å². The zero-order valence-electron chi connectivity index (χ0n) is 19.9. The van der Waals surface area contributed by atoms with Crippen molar-refractivity contribution in [2.75, 3.05) is 12.3 Å². The Morgan fingerprint density at radius 3 is 2.78 bits per heavy atom. The molecule has 2 aliphatic rings. The molecule has 1 fully saturated rings. The SMILES string of the molecule is Nc1nc2nc3c1nc(O)n3Cc1ccc(Oc3ccc(CNC4CC4)cc3)c(c1)C/C=C/CCO2. The Labute approximate surface area is 208 Å². The number of allylic oxidation sites excluding steroid dienone is 1. The Morgan fingerprint density at radius 1 is 1.08 bits per heavy atom. The number of nitrogens with one attached hydrogen (secondary N) is 1. The van der Waals surface area contributed by atoms with E-state index in [-0.39, 0.29) is 17.8 Å². The van der Waals surface area contributed by atoms with Gasteiger partial charge in [-0.05, 0) is 66.6 Å². The van der Waals surface area contributed by atoms with Crippen molar-refractivity contribution < 1.29 is 14.6 Å². The number of aromatic hydroxyl groups is 1. The zero-order valence-corrected chi connectivity index (χ0v) is 19.9. The van der Waals surface area contributed by atoms with Gasteiger partial charge in [-0.25, -0.2) is 0 Å². The number of anilines is 1. The average molecular weight is 485 g/mol. The molecule has 3 heterocycles. The summed E-state index contributed by atoms with van der Waals surface area (Å²) in [4.78, 5) is 12.8. The van der Waals surface area contributed by atoms with Gasteiger partial charge in [0.25, 0.3) is 6.01 Å². The maximum atomic E-state index is 10.5. The van der Waals surface area contributed by atoms with Crippen LogP contribution < -0.4 is 20.5 Å². The van der Waals surface area contributed by atoms with Crippen LogP contribution in [0.3, 0.4) is 0 Å². The molecule has 1 saturated carbocycles. The van der Waals surface area contributed by atoms with E-state index < -0.39 is 0 Å². The fraction of sp³-hybridized carbons (Fsp3) is 0.296. The molecule has 0 unspecified atom stereocenters. The molecule has 0 atom stereocenters. The molecule has 4 N–H and O–H groups in total. The summed E-state index contributed by atoms with van der Waals surface area (Å²) in [5, 5.41) is 14.0. The van der Waals surface area contributed by atoms with Gasteiger partial charge in [0.1, 0.15) is 11.5 Å². The second-order valence-corrected chi connectivity index (χ2v) is 9.22. The molecule has 1 aliphatic carbocycles. The molecule has 4 bridgehead atoms. The minimum Gasteiger partial charge on any atom is -0.480 e. The summed E-state index contributed by atoms with van der Waals surface area (Å²) in [6.45, 7) is 1.65. The first-order valence-corrected chi connectivity index (χ1v) is 12.2. The molecule has 0 saturated heterocycles. The van der Waals surface area contributed by atoms with E-state index in [1.165, 1.54) is 18.4 Å². The molecule has 9 nitrogen and oxygen atoms in total. The summed E-state index contributed by atoms with van der Waals surface area (Å²) in [5.74, 6) is 1.76. The van der Waals surface area contributed by atoms with Gasteiger partial charge in [-0.3, -0.25) is 4.57 Å². The van der Waals surface area contributed by atoms with E-state index >= 15 is 0 Å². The lowest BCUT2D eigenvalue weighted by Crippen LogP contribution is -2.14. The van der Waals surface area contributed by atoms with E-state index in [0.29, 0.717) is 43.2 Å². The van der Waals surface area contributed by atoms with Gasteiger partial charge >= 0.3 is 6.01 Å². The largest absolute Gasteiger partial charge is 0.480 e. The first-order valence-electron chi connectivity index (χ1n) is 12.2. The molecule has 9 heteroatoms. The maximum absolute atomic E-state index is 10.5. The third-order valence-corrected chi connectivity index (χ3v) is 6.39. The minimum absolute atomic E-state index is 0.172. The van der Waals surface area contributed by atoms with Crippen LogP contribution in [0.5, 0.6) is 23.5 Å². The standard InChI is InChI=1S/C27H28N6O3/c28-24-23-25-32-26(31-24)35-13-3-1-2-4-19-14-18(16-33(25)27(34)30-23)7-12-22(19)36-21-10-5-17(6-11-21)15-29-20-8-9-20/h1-2,5-7,10-12,14,20,29H,3-4,8-9,13,15-16H2,(H,30,34)(H2,28,31,32)/b2-1+. The van der Waals surface area contributed by atoms with Crippen LogP contribution in [-0.4, -0.2) is 37.3 Å². The average Bonchev–Trinajstić information content (AvgIpc) is 3.66. The topological polar surface area (TPSA) is 120 Å². The Hall–Kier alpha value is -4.11. The van der Waals surface area contributed by atoms with E-state index in [1.54, 1.807) is 4.57 Å². The summed E-state index contributed by atoms with van der Waals surface area (Å²) in [7, 11) is 0. The lowest BCUT2D eigenvalue weighted by atomic mass is 10.1. The number of hydrogen-bond acceptors (Lipinski definition) is 8. The highest BCUT2D eigenvalue weighted by atomic mass is 16.5. The molecule has 2 aromatic heterocycles. The summed E-state index contributed by atoms with van der Waals surface area (Å²) in [6.07, 6.45) is 8.13. The second kappa shape index (κ2) is 9.50. The van der Waals surface area contributed by atoms with Crippen LogP contribution in [0.15, 0.2) is 54.6 Å². The van der Waals surface area contributed by atoms with Crippen LogP contribution in [0, 0.1) is 0 Å². The second-order valence-electron chi connectivity index (χ2n) is 9.22. The summed E-state index contributed by atoms with van der Waals surface area (Å²) >= 11 is 0. The normalized spacial score (nSPS) is 16.4. The van der Waals surface area contributed by atoms with Gasteiger partial charge in [0, 0.05) is 12.6 Å². The number of hydrogen-bond donors (Lipinski definition) is 3. The van der Waals surface area contributed by atoms with Crippen molar-refractivity contribution in [3.8, 4) is 23.5 Å². The van der Waals surface area contributed by atoms with Gasteiger partial charge in [-0.2, -0.15) is 15.0 Å². The Balaban J connectivity index is 1.29. The number of imidazole rings is 1. The smallest absolute Gasteiger partial charge is 0.320 e. The molecule has 184 valence electrons. The molecule has 6 rings (SSSR count). The van der Waals surface area contributed by atoms with E-state index in [4.69, 9.17) is 15.2 Å². The number of benzene rings is 2. The molecule has 0 radical (unpaired) electrons. The molecule has 1 aliphatic heterocycles. The quantitative estimate of drug-likeness (QED) is 0.362. The molecular weight excluding hydrogens is 456 g/mol. The maximum Gasteiger partial charge on any atom is 0.320 e. The van der Waals surface area contributed by atoms with Crippen LogP contribution in [0.2, 0.25) is 0 Å². The highest BCUT2D eigenvalue weighted by molar-refractivity contribution is 5.83. The monoisotopic (exact) mass is 484 g/mol. The lowest BCUT2D eigenvalue weighted by molar-refractivity contribution is 0.300. The van der Waals surface area contributed by atoms with Crippen LogP contribution in [0.4, 0.5) is 5.82 Å². The fourth-order valence-corrected chi connectivity index (χ4v) is 4.27. The van der Waals surface area contributed by atoms with Crippen molar-refractivity contribution in [2.45, 2.75) is 44.8 Å². The predicted octanol–water partition coefficient (Wildman–Crippen LogP) is 4.09. The van der Waals surface area contributed by atoms with E-state index in [2.05, 4.69) is 50.6 Å². The van der Waals surface area contributed by atoms with Crippen LogP contribution >= 0.6 is 0 Å². The number of nitrogen functional groups attached to an aromatic ring is 1. The van der Waals surface area contributed by atoms with E-state index in [0.717, 1.165) is 29.2 Å². The van der Waals surface area contributed by atoms with Crippen molar-refractivity contribution in [3.63, 3.8) is 0 Å². The van der Waals surface area contributed by atoms with Crippen molar-refractivity contribution in [2.24, 2.45) is 0 Å². The van der Waals surface area contributed by atoms with Gasteiger partial charge in [-0.15, -0.1) is 0 Å². The highest BCUT2D eigenvalue weighted by Crippen LogP contribution is 2.30. The zero-order chi connectivity index (χ0) is 24.5. The number of nitrogens with zero attached hydrogens (tertiary/aromatic N) is 4.